The number of aryl methyl sites for hydroxylation is 1. The molecule has 28 heavy (non-hydrogen) atoms. The molecule has 0 aliphatic rings. The molecule has 0 fully saturated rings. The fourth-order valence-electron chi connectivity index (χ4n) is 2.57. The molecule has 7 nitrogen and oxygen atoms in total. The topological polar surface area (TPSA) is 93.2 Å². The van der Waals surface area contributed by atoms with Gasteiger partial charge in [0.2, 0.25) is 0 Å². The first-order valence-corrected chi connectivity index (χ1v) is 8.67. The Kier molecular flexibility index (Phi) is 5.96. The number of aromatic nitrogens is 2. The zero-order valence-corrected chi connectivity index (χ0v) is 15.6. The molecule has 0 unspecified atom stereocenters. The number of carbonyl (C=O) groups excluding carboxylic acids is 2. The van der Waals surface area contributed by atoms with E-state index in [0.29, 0.717) is 17.0 Å². The second-order valence-corrected chi connectivity index (χ2v) is 6.09. The largest absolute Gasteiger partial charge is 0.495 e. The van der Waals surface area contributed by atoms with Gasteiger partial charge in [0.15, 0.2) is 0 Å². The van der Waals surface area contributed by atoms with Gasteiger partial charge in [-0.15, -0.1) is 0 Å². The molecule has 7 heteroatoms. The molecule has 2 aromatic heterocycles. The van der Waals surface area contributed by atoms with E-state index in [2.05, 4.69) is 20.6 Å². The quantitative estimate of drug-likeness (QED) is 0.690. The number of nitrogens with one attached hydrogen (secondary N) is 2. The summed E-state index contributed by atoms with van der Waals surface area (Å²) in [5.41, 5.74) is 2.75. The van der Waals surface area contributed by atoms with Crippen molar-refractivity contribution in [3.8, 4) is 5.75 Å². The van der Waals surface area contributed by atoms with E-state index < -0.39 is 0 Å². The fourth-order valence-corrected chi connectivity index (χ4v) is 2.57. The Morgan fingerprint density at radius 1 is 1.00 bits per heavy atom. The van der Waals surface area contributed by atoms with Crippen molar-refractivity contribution in [2.75, 3.05) is 12.4 Å². The Morgan fingerprint density at radius 3 is 2.61 bits per heavy atom. The molecule has 0 radical (unpaired) electrons. The minimum absolute atomic E-state index is 0.153. The molecule has 0 aliphatic heterocycles. The van der Waals surface area contributed by atoms with Crippen molar-refractivity contribution >= 4 is 17.5 Å². The summed E-state index contributed by atoms with van der Waals surface area (Å²) < 4.78 is 5.28. The Bertz CT molecular complexity index is 990. The zero-order valence-electron chi connectivity index (χ0n) is 15.6. The van der Waals surface area contributed by atoms with Crippen LogP contribution in [0.25, 0.3) is 0 Å². The summed E-state index contributed by atoms with van der Waals surface area (Å²) in [6.45, 7) is 2.20. The van der Waals surface area contributed by atoms with Crippen molar-refractivity contribution in [1.82, 2.24) is 15.3 Å². The number of benzene rings is 1. The van der Waals surface area contributed by atoms with Gasteiger partial charge in [0.1, 0.15) is 11.4 Å². The van der Waals surface area contributed by atoms with Gasteiger partial charge < -0.3 is 15.4 Å². The fraction of sp³-hybridized carbons (Fsp3) is 0.143. The minimum Gasteiger partial charge on any atom is -0.495 e. The molecular weight excluding hydrogens is 356 g/mol. The van der Waals surface area contributed by atoms with Crippen molar-refractivity contribution in [2.24, 2.45) is 0 Å². The van der Waals surface area contributed by atoms with Crippen LogP contribution < -0.4 is 15.4 Å². The van der Waals surface area contributed by atoms with Crippen LogP contribution in [0, 0.1) is 6.92 Å². The average molecular weight is 376 g/mol. The van der Waals surface area contributed by atoms with E-state index in [1.54, 1.807) is 24.4 Å². The van der Waals surface area contributed by atoms with E-state index in [1.807, 2.05) is 31.2 Å². The first-order chi connectivity index (χ1) is 13.6. The molecular formula is C21H20N4O3. The number of carbonyl (C=O) groups is 2. The average Bonchev–Trinajstić information content (AvgIpc) is 2.73. The van der Waals surface area contributed by atoms with Gasteiger partial charge in [0, 0.05) is 18.0 Å². The van der Waals surface area contributed by atoms with Crippen molar-refractivity contribution in [3.05, 3.63) is 83.4 Å². The van der Waals surface area contributed by atoms with Crippen molar-refractivity contribution in [3.63, 3.8) is 0 Å². The van der Waals surface area contributed by atoms with E-state index >= 15 is 0 Å². The van der Waals surface area contributed by atoms with E-state index in [0.717, 1.165) is 11.3 Å². The lowest BCUT2D eigenvalue weighted by Gasteiger charge is -2.11. The number of hydrogen-bond acceptors (Lipinski definition) is 5. The van der Waals surface area contributed by atoms with Gasteiger partial charge >= 0.3 is 0 Å². The zero-order chi connectivity index (χ0) is 19.9. The van der Waals surface area contributed by atoms with Gasteiger partial charge in [-0.25, -0.2) is 0 Å². The van der Waals surface area contributed by atoms with Gasteiger partial charge in [-0.2, -0.15) is 0 Å². The summed E-state index contributed by atoms with van der Waals surface area (Å²) in [4.78, 5) is 33.2. The molecule has 1 aromatic carbocycles. The van der Waals surface area contributed by atoms with Crippen LogP contribution >= 0.6 is 0 Å². The van der Waals surface area contributed by atoms with Gasteiger partial charge in [0.25, 0.3) is 11.8 Å². The number of hydrogen-bond donors (Lipinski definition) is 2. The predicted octanol–water partition coefficient (Wildman–Crippen LogP) is 2.98. The summed E-state index contributed by atoms with van der Waals surface area (Å²) in [5.74, 6) is -0.181. The van der Waals surface area contributed by atoms with E-state index in [9.17, 15) is 9.59 Å². The molecule has 0 spiro atoms. The minimum atomic E-state index is -0.381. The molecule has 0 saturated heterocycles. The molecule has 142 valence electrons. The van der Waals surface area contributed by atoms with Crippen LogP contribution in [0.2, 0.25) is 0 Å². The third kappa shape index (κ3) is 4.70. The highest BCUT2D eigenvalue weighted by Crippen LogP contribution is 2.25. The maximum atomic E-state index is 12.6. The Balaban J connectivity index is 1.71. The molecule has 0 saturated carbocycles. The number of anilines is 1. The van der Waals surface area contributed by atoms with Crippen molar-refractivity contribution in [2.45, 2.75) is 13.5 Å². The van der Waals surface area contributed by atoms with Crippen molar-refractivity contribution < 1.29 is 14.3 Å². The SMILES string of the molecule is COc1ccc(C)cc1NC(=O)c1ccnc(C(=O)NCc2ccccn2)c1. The normalized spacial score (nSPS) is 10.2. The molecule has 0 bridgehead atoms. The standard InChI is InChI=1S/C21H20N4O3/c1-14-6-7-19(28-2)17(11-14)25-20(26)15-8-10-23-18(12-15)21(27)24-13-16-5-3-4-9-22-16/h3-12H,13H2,1-2H3,(H,24,27)(H,25,26). The summed E-state index contributed by atoms with van der Waals surface area (Å²) in [7, 11) is 1.54. The molecule has 3 aromatic rings. The molecule has 2 heterocycles. The maximum Gasteiger partial charge on any atom is 0.270 e. The Hall–Kier alpha value is -3.74. The van der Waals surface area contributed by atoms with Crippen LogP contribution in [0.15, 0.2) is 60.9 Å². The summed E-state index contributed by atoms with van der Waals surface area (Å²) >= 11 is 0. The summed E-state index contributed by atoms with van der Waals surface area (Å²) in [5, 5.41) is 5.55. The molecule has 3 rings (SSSR count). The number of nitrogens with zero attached hydrogens (tertiary/aromatic N) is 2. The van der Waals surface area contributed by atoms with E-state index in [4.69, 9.17) is 4.74 Å². The second kappa shape index (κ2) is 8.77. The Labute approximate surface area is 162 Å². The number of ether oxygens (including phenoxy) is 1. The Morgan fingerprint density at radius 2 is 1.86 bits per heavy atom. The highest BCUT2D eigenvalue weighted by molar-refractivity contribution is 6.06. The molecule has 2 amide bonds. The van der Waals surface area contributed by atoms with E-state index in [-0.39, 0.29) is 24.1 Å². The lowest BCUT2D eigenvalue weighted by atomic mass is 10.1. The summed E-state index contributed by atoms with van der Waals surface area (Å²) in [6, 6.07) is 14.0. The first kappa shape index (κ1) is 19.0. The van der Waals surface area contributed by atoms with Gasteiger partial charge in [0.05, 0.1) is 25.0 Å². The lowest BCUT2D eigenvalue weighted by molar-refractivity contribution is 0.0945. The first-order valence-electron chi connectivity index (χ1n) is 8.67. The third-order valence-corrected chi connectivity index (χ3v) is 4.01. The monoisotopic (exact) mass is 376 g/mol. The van der Waals surface area contributed by atoms with Crippen molar-refractivity contribution in [1.29, 1.82) is 0 Å². The van der Waals surface area contributed by atoms with Gasteiger partial charge in [-0.3, -0.25) is 19.6 Å². The summed E-state index contributed by atoms with van der Waals surface area (Å²) in [6.07, 6.45) is 3.09. The molecule has 0 aliphatic carbocycles. The second-order valence-electron chi connectivity index (χ2n) is 6.09. The molecule has 2 N–H and O–H groups in total. The van der Waals surface area contributed by atoms with Crippen LogP contribution in [0.3, 0.4) is 0 Å². The number of amides is 2. The highest BCUT2D eigenvalue weighted by Gasteiger charge is 2.14. The van der Waals surface area contributed by atoms with Crippen LogP contribution in [-0.4, -0.2) is 28.9 Å². The number of pyridine rings is 2. The van der Waals surface area contributed by atoms with Crippen LogP contribution in [0.5, 0.6) is 5.75 Å². The molecule has 0 atom stereocenters. The third-order valence-electron chi connectivity index (χ3n) is 4.01. The maximum absolute atomic E-state index is 12.6. The van der Waals surface area contributed by atoms with Gasteiger partial charge in [-0.05, 0) is 48.9 Å². The van der Waals surface area contributed by atoms with Crippen LogP contribution in [0.4, 0.5) is 5.69 Å². The number of methoxy groups -OCH3 is 1. The lowest BCUT2D eigenvalue weighted by Crippen LogP contribution is -2.25. The van der Waals surface area contributed by atoms with Crippen LogP contribution in [0.1, 0.15) is 32.1 Å². The van der Waals surface area contributed by atoms with Crippen LogP contribution in [-0.2, 0) is 6.54 Å². The smallest absolute Gasteiger partial charge is 0.270 e. The highest BCUT2D eigenvalue weighted by atomic mass is 16.5. The van der Waals surface area contributed by atoms with E-state index in [1.165, 1.54) is 19.4 Å². The predicted molar refractivity (Wildman–Crippen MR) is 105 cm³/mol. The van der Waals surface area contributed by atoms with Gasteiger partial charge in [-0.1, -0.05) is 12.1 Å². The number of rotatable bonds is 6.